The lowest BCUT2D eigenvalue weighted by atomic mass is 9.67. The minimum Gasteiger partial charge on any atom is -0.481 e. The fourth-order valence-electron chi connectivity index (χ4n) is 3.37. The van der Waals surface area contributed by atoms with Gasteiger partial charge in [0.15, 0.2) is 0 Å². The first-order chi connectivity index (χ1) is 9.66. The second-order valence-corrected chi connectivity index (χ2v) is 6.21. The second-order valence-electron chi connectivity index (χ2n) is 6.21. The highest BCUT2D eigenvalue weighted by Gasteiger charge is 2.41. The van der Waals surface area contributed by atoms with Crippen LogP contribution >= 0.6 is 0 Å². The lowest BCUT2D eigenvalue weighted by Gasteiger charge is -2.37. The van der Waals surface area contributed by atoms with Crippen LogP contribution in [0.25, 0.3) is 0 Å². The minimum atomic E-state index is -0.629. The summed E-state index contributed by atoms with van der Waals surface area (Å²) in [5.74, 6) is 0.103. The van der Waals surface area contributed by atoms with Crippen LogP contribution < -0.4 is 0 Å². The summed E-state index contributed by atoms with van der Waals surface area (Å²) in [5, 5.41) is 9.69. The first kappa shape index (κ1) is 15.0. The normalized spacial score (nSPS) is 26.4. The summed E-state index contributed by atoms with van der Waals surface area (Å²) < 4.78 is 0. The molecule has 1 fully saturated rings. The van der Waals surface area contributed by atoms with E-state index in [1.54, 1.807) is 12.4 Å². The van der Waals surface area contributed by atoms with Gasteiger partial charge in [-0.25, -0.2) is 0 Å². The number of aliphatic carboxylic acids is 1. The molecule has 0 unspecified atom stereocenters. The molecule has 20 heavy (non-hydrogen) atoms. The fourth-order valence-corrected chi connectivity index (χ4v) is 3.37. The number of unbranched alkanes of at least 4 members (excludes halogenated alkanes) is 1. The highest BCUT2D eigenvalue weighted by atomic mass is 16.4. The van der Waals surface area contributed by atoms with Crippen molar-refractivity contribution in [2.45, 2.75) is 58.3 Å². The molecular weight excluding hydrogens is 250 g/mol. The molecule has 0 bridgehead atoms. The van der Waals surface area contributed by atoms with Gasteiger partial charge in [0, 0.05) is 12.4 Å². The van der Waals surface area contributed by atoms with Crippen molar-refractivity contribution >= 4 is 5.97 Å². The Hall–Kier alpha value is -1.38. The second kappa shape index (κ2) is 6.87. The van der Waals surface area contributed by atoms with E-state index in [2.05, 4.69) is 11.9 Å². The van der Waals surface area contributed by atoms with E-state index in [1.807, 2.05) is 12.1 Å². The molecular formula is C17H25NO2. The number of pyridine rings is 1. The van der Waals surface area contributed by atoms with Crippen molar-refractivity contribution in [1.29, 1.82) is 0 Å². The van der Waals surface area contributed by atoms with E-state index in [1.165, 1.54) is 19.3 Å². The van der Waals surface area contributed by atoms with E-state index < -0.39 is 11.4 Å². The third kappa shape index (κ3) is 3.59. The Morgan fingerprint density at radius 3 is 2.75 bits per heavy atom. The molecule has 0 aliphatic heterocycles. The van der Waals surface area contributed by atoms with Crippen LogP contribution in [0.1, 0.15) is 57.4 Å². The van der Waals surface area contributed by atoms with Crippen molar-refractivity contribution < 1.29 is 9.90 Å². The van der Waals surface area contributed by atoms with Crippen molar-refractivity contribution in [2.24, 2.45) is 11.3 Å². The molecule has 1 saturated carbocycles. The maximum Gasteiger partial charge on any atom is 0.309 e. The monoisotopic (exact) mass is 275 g/mol. The summed E-state index contributed by atoms with van der Waals surface area (Å²) in [4.78, 5) is 15.9. The highest BCUT2D eigenvalue weighted by molar-refractivity contribution is 5.75. The number of carboxylic acid groups (broad SMARTS) is 1. The smallest absolute Gasteiger partial charge is 0.309 e. The molecule has 2 rings (SSSR count). The molecule has 1 heterocycles. The molecule has 0 saturated heterocycles. The number of carboxylic acids is 1. The number of rotatable bonds is 6. The molecule has 3 heteroatoms. The zero-order valence-corrected chi connectivity index (χ0v) is 12.3. The summed E-state index contributed by atoms with van der Waals surface area (Å²) >= 11 is 0. The fraction of sp³-hybridized carbons (Fsp3) is 0.647. The third-order valence-corrected chi connectivity index (χ3v) is 4.75. The Labute approximate surface area is 121 Å². The molecule has 0 spiro atoms. The van der Waals surface area contributed by atoms with Crippen LogP contribution in [0.15, 0.2) is 24.5 Å². The van der Waals surface area contributed by atoms with Crippen LogP contribution in [0.4, 0.5) is 0 Å². The standard InChI is InChI=1S/C17H25NO2/c1-2-3-5-14-7-9-17(10-8-14,16(19)20)12-15-6-4-11-18-13-15/h4,6,11,13-14H,2-3,5,7-10,12H2,1H3,(H,19,20). The molecule has 1 aromatic rings. The summed E-state index contributed by atoms with van der Waals surface area (Å²) in [5.41, 5.74) is 0.480. The summed E-state index contributed by atoms with van der Waals surface area (Å²) in [6, 6.07) is 3.87. The van der Waals surface area contributed by atoms with Gasteiger partial charge in [0.2, 0.25) is 0 Å². The van der Waals surface area contributed by atoms with Gasteiger partial charge in [0.25, 0.3) is 0 Å². The third-order valence-electron chi connectivity index (χ3n) is 4.75. The average molecular weight is 275 g/mol. The molecule has 0 atom stereocenters. The first-order valence-corrected chi connectivity index (χ1v) is 7.78. The molecule has 0 radical (unpaired) electrons. The van der Waals surface area contributed by atoms with Gasteiger partial charge in [-0.2, -0.15) is 0 Å². The number of carbonyl (C=O) groups is 1. The van der Waals surface area contributed by atoms with Crippen molar-refractivity contribution in [1.82, 2.24) is 4.98 Å². The Bertz CT molecular complexity index is 422. The van der Waals surface area contributed by atoms with Crippen LogP contribution in [0, 0.1) is 11.3 Å². The summed E-state index contributed by atoms with van der Waals surface area (Å²) in [6.45, 7) is 2.22. The minimum absolute atomic E-state index is 0.564. The van der Waals surface area contributed by atoms with Gasteiger partial charge in [0.05, 0.1) is 5.41 Å². The molecule has 3 nitrogen and oxygen atoms in total. The van der Waals surface area contributed by atoms with Crippen molar-refractivity contribution in [3.05, 3.63) is 30.1 Å². The molecule has 0 amide bonds. The van der Waals surface area contributed by atoms with Crippen molar-refractivity contribution in [2.75, 3.05) is 0 Å². The van der Waals surface area contributed by atoms with Gasteiger partial charge < -0.3 is 5.11 Å². The predicted molar refractivity (Wildman–Crippen MR) is 79.5 cm³/mol. The maximum atomic E-state index is 11.8. The molecule has 1 aliphatic rings. The number of nitrogens with zero attached hydrogens (tertiary/aromatic N) is 1. The highest BCUT2D eigenvalue weighted by Crippen LogP contribution is 2.43. The van der Waals surface area contributed by atoms with E-state index >= 15 is 0 Å². The quantitative estimate of drug-likeness (QED) is 0.851. The molecule has 0 aromatic carbocycles. The first-order valence-electron chi connectivity index (χ1n) is 7.78. The van der Waals surface area contributed by atoms with E-state index in [0.29, 0.717) is 6.42 Å². The van der Waals surface area contributed by atoms with E-state index in [9.17, 15) is 9.90 Å². The Balaban J connectivity index is 2.00. The van der Waals surface area contributed by atoms with Crippen molar-refractivity contribution in [3.8, 4) is 0 Å². The van der Waals surface area contributed by atoms with Gasteiger partial charge in [0.1, 0.15) is 0 Å². The molecule has 1 aliphatic carbocycles. The summed E-state index contributed by atoms with van der Waals surface area (Å²) in [7, 11) is 0. The van der Waals surface area contributed by atoms with Gasteiger partial charge in [-0.15, -0.1) is 0 Å². The SMILES string of the molecule is CCCCC1CCC(Cc2cccnc2)(C(=O)O)CC1. The zero-order valence-electron chi connectivity index (χ0n) is 12.3. The Morgan fingerprint density at radius 1 is 1.45 bits per heavy atom. The van der Waals surface area contributed by atoms with Gasteiger partial charge in [-0.1, -0.05) is 32.3 Å². The van der Waals surface area contributed by atoms with Crippen molar-refractivity contribution in [3.63, 3.8) is 0 Å². The number of hydrogen-bond acceptors (Lipinski definition) is 2. The predicted octanol–water partition coefficient (Wildman–Crippen LogP) is 4.08. The van der Waals surface area contributed by atoms with Crippen LogP contribution in [0.2, 0.25) is 0 Å². The zero-order chi connectivity index (χ0) is 14.4. The van der Waals surface area contributed by atoms with E-state index in [0.717, 1.165) is 37.2 Å². The van der Waals surface area contributed by atoms with Gasteiger partial charge >= 0.3 is 5.97 Å². The van der Waals surface area contributed by atoms with E-state index in [4.69, 9.17) is 0 Å². The Kier molecular flexibility index (Phi) is 5.16. The van der Waals surface area contributed by atoms with Gasteiger partial charge in [-0.3, -0.25) is 9.78 Å². The molecule has 110 valence electrons. The topological polar surface area (TPSA) is 50.2 Å². The average Bonchev–Trinajstić information content (AvgIpc) is 2.47. The Morgan fingerprint density at radius 2 is 2.20 bits per heavy atom. The van der Waals surface area contributed by atoms with Crippen LogP contribution in [-0.4, -0.2) is 16.1 Å². The lowest BCUT2D eigenvalue weighted by molar-refractivity contribution is -0.151. The molecule has 1 N–H and O–H groups in total. The molecule has 1 aromatic heterocycles. The van der Waals surface area contributed by atoms with Crippen LogP contribution in [0.5, 0.6) is 0 Å². The largest absolute Gasteiger partial charge is 0.481 e. The summed E-state index contributed by atoms with van der Waals surface area (Å²) in [6.07, 6.45) is 11.7. The van der Waals surface area contributed by atoms with Gasteiger partial charge in [-0.05, 0) is 49.7 Å². The van der Waals surface area contributed by atoms with Crippen LogP contribution in [-0.2, 0) is 11.2 Å². The van der Waals surface area contributed by atoms with E-state index in [-0.39, 0.29) is 0 Å². The number of aromatic nitrogens is 1. The lowest BCUT2D eigenvalue weighted by Crippen LogP contribution is -2.37. The van der Waals surface area contributed by atoms with Crippen LogP contribution in [0.3, 0.4) is 0 Å². The number of hydrogen-bond donors (Lipinski definition) is 1. The maximum absolute atomic E-state index is 11.8.